The number of anilines is 2. The van der Waals surface area contributed by atoms with Crippen molar-refractivity contribution in [2.45, 2.75) is 12.3 Å². The van der Waals surface area contributed by atoms with Crippen LogP contribution in [0.4, 0.5) is 11.4 Å². The van der Waals surface area contributed by atoms with E-state index in [-0.39, 0.29) is 25.0 Å². The Labute approximate surface area is 167 Å². The first-order valence-electron chi connectivity index (χ1n) is 8.72. The molecule has 0 atom stereocenters. The Kier molecular flexibility index (Phi) is 6.67. The van der Waals surface area contributed by atoms with Gasteiger partial charge in [0.2, 0.25) is 11.8 Å². The van der Waals surface area contributed by atoms with E-state index in [1.807, 2.05) is 35.1 Å². The summed E-state index contributed by atoms with van der Waals surface area (Å²) in [6, 6.07) is 14.8. The average molecular weight is 398 g/mol. The lowest BCUT2D eigenvalue weighted by Crippen LogP contribution is -2.20. The number of benzene rings is 2. The van der Waals surface area contributed by atoms with Crippen molar-refractivity contribution in [3.8, 4) is 0 Å². The summed E-state index contributed by atoms with van der Waals surface area (Å²) in [5, 5.41) is 5.60. The topological polar surface area (TPSA) is 85.3 Å². The van der Waals surface area contributed by atoms with Crippen LogP contribution in [-0.2, 0) is 26.6 Å². The molecule has 0 aliphatic heterocycles. The number of nitrogens with zero attached hydrogens (tertiary/aromatic N) is 2. The molecular weight excluding hydrogens is 376 g/mol. The number of ether oxygens (including phenoxy) is 1. The van der Waals surface area contributed by atoms with E-state index in [0.29, 0.717) is 11.4 Å². The van der Waals surface area contributed by atoms with E-state index in [9.17, 15) is 9.59 Å². The molecule has 3 rings (SSSR count). The summed E-state index contributed by atoms with van der Waals surface area (Å²) in [5.74, 6) is 1.18. The molecule has 8 heteroatoms. The first-order chi connectivity index (χ1) is 13.6. The molecule has 0 spiro atoms. The number of hydrogen-bond donors (Lipinski definition) is 2. The zero-order valence-corrected chi connectivity index (χ0v) is 16.6. The minimum atomic E-state index is -0.252. The van der Waals surface area contributed by atoms with Gasteiger partial charge in [-0.3, -0.25) is 9.59 Å². The molecule has 1 heterocycles. The molecule has 146 valence electrons. The summed E-state index contributed by atoms with van der Waals surface area (Å²) in [6.07, 6.45) is 2.01. The SMILES string of the molecule is COCC(=O)Nc1cccc(NC(=O)Cn2c(CSC)nc3ccccc32)c1. The number of carbonyl (C=O) groups excluding carboxylic acids is 2. The Balaban J connectivity index is 1.73. The lowest BCUT2D eigenvalue weighted by atomic mass is 10.2. The van der Waals surface area contributed by atoms with Crippen molar-refractivity contribution in [1.82, 2.24) is 9.55 Å². The summed E-state index contributed by atoms with van der Waals surface area (Å²) >= 11 is 1.66. The van der Waals surface area contributed by atoms with Gasteiger partial charge in [-0.25, -0.2) is 4.98 Å². The minimum Gasteiger partial charge on any atom is -0.375 e. The van der Waals surface area contributed by atoms with Crippen molar-refractivity contribution in [2.24, 2.45) is 0 Å². The number of para-hydroxylation sites is 2. The highest BCUT2D eigenvalue weighted by Crippen LogP contribution is 2.20. The minimum absolute atomic E-state index is 0.0253. The molecule has 7 nitrogen and oxygen atoms in total. The van der Waals surface area contributed by atoms with Gasteiger partial charge in [0.05, 0.1) is 16.8 Å². The number of thioether (sulfide) groups is 1. The van der Waals surface area contributed by atoms with E-state index in [1.54, 1.807) is 36.0 Å². The number of nitrogens with one attached hydrogen (secondary N) is 2. The smallest absolute Gasteiger partial charge is 0.250 e. The van der Waals surface area contributed by atoms with E-state index >= 15 is 0 Å². The van der Waals surface area contributed by atoms with Gasteiger partial charge < -0.3 is 19.9 Å². The third-order valence-electron chi connectivity index (χ3n) is 4.01. The highest BCUT2D eigenvalue weighted by Gasteiger charge is 2.13. The van der Waals surface area contributed by atoms with Crippen LogP contribution in [0.3, 0.4) is 0 Å². The monoisotopic (exact) mass is 398 g/mol. The second kappa shape index (κ2) is 9.38. The average Bonchev–Trinajstić information content (AvgIpc) is 3.00. The number of methoxy groups -OCH3 is 1. The maximum Gasteiger partial charge on any atom is 0.250 e. The number of rotatable bonds is 8. The summed E-state index contributed by atoms with van der Waals surface area (Å²) in [5.41, 5.74) is 3.01. The van der Waals surface area contributed by atoms with Crippen molar-refractivity contribution < 1.29 is 14.3 Å². The number of aromatic nitrogens is 2. The van der Waals surface area contributed by atoms with Gasteiger partial charge in [0, 0.05) is 18.5 Å². The summed E-state index contributed by atoms with van der Waals surface area (Å²) in [4.78, 5) is 28.9. The van der Waals surface area contributed by atoms with Gasteiger partial charge in [-0.2, -0.15) is 11.8 Å². The van der Waals surface area contributed by atoms with Gasteiger partial charge in [0.25, 0.3) is 0 Å². The van der Waals surface area contributed by atoms with Crippen LogP contribution in [0.25, 0.3) is 11.0 Å². The Bertz CT molecular complexity index is 986. The van der Waals surface area contributed by atoms with Gasteiger partial charge in [-0.05, 0) is 36.6 Å². The van der Waals surface area contributed by atoms with Crippen LogP contribution in [-0.4, -0.2) is 41.3 Å². The van der Waals surface area contributed by atoms with Crippen molar-refractivity contribution >= 4 is 46.0 Å². The molecular formula is C20H22N4O3S. The van der Waals surface area contributed by atoms with Gasteiger partial charge in [-0.1, -0.05) is 18.2 Å². The second-order valence-corrected chi connectivity index (χ2v) is 7.01. The largest absolute Gasteiger partial charge is 0.375 e. The van der Waals surface area contributed by atoms with E-state index in [0.717, 1.165) is 22.6 Å². The maximum atomic E-state index is 12.6. The van der Waals surface area contributed by atoms with Crippen molar-refractivity contribution in [1.29, 1.82) is 0 Å². The number of imidazole rings is 1. The van der Waals surface area contributed by atoms with Crippen molar-refractivity contribution in [3.05, 3.63) is 54.4 Å². The highest BCUT2D eigenvalue weighted by molar-refractivity contribution is 7.97. The highest BCUT2D eigenvalue weighted by atomic mass is 32.2. The molecule has 1 aromatic heterocycles. The quantitative estimate of drug-likeness (QED) is 0.609. The Hall–Kier alpha value is -2.84. The van der Waals surface area contributed by atoms with Crippen LogP contribution in [0.15, 0.2) is 48.5 Å². The lowest BCUT2D eigenvalue weighted by molar-refractivity contribution is -0.119. The molecule has 0 saturated carbocycles. The molecule has 2 N–H and O–H groups in total. The Morgan fingerprint density at radius 3 is 2.50 bits per heavy atom. The summed E-state index contributed by atoms with van der Waals surface area (Å²) in [7, 11) is 1.46. The molecule has 2 aromatic carbocycles. The molecule has 0 fully saturated rings. The van der Waals surface area contributed by atoms with Crippen LogP contribution < -0.4 is 10.6 Å². The normalized spacial score (nSPS) is 10.8. The Morgan fingerprint density at radius 2 is 1.79 bits per heavy atom. The molecule has 0 saturated heterocycles. The van der Waals surface area contributed by atoms with E-state index in [4.69, 9.17) is 4.74 Å². The molecule has 0 aliphatic rings. The third kappa shape index (κ3) is 4.90. The zero-order chi connectivity index (χ0) is 19.9. The number of fused-ring (bicyclic) bond motifs is 1. The fourth-order valence-corrected chi connectivity index (χ4v) is 3.37. The van der Waals surface area contributed by atoms with Crippen molar-refractivity contribution in [2.75, 3.05) is 30.6 Å². The number of amides is 2. The zero-order valence-electron chi connectivity index (χ0n) is 15.8. The van der Waals surface area contributed by atoms with Crippen LogP contribution in [0.5, 0.6) is 0 Å². The van der Waals surface area contributed by atoms with Gasteiger partial charge in [0.15, 0.2) is 0 Å². The molecule has 0 unspecified atom stereocenters. The number of hydrogen-bond acceptors (Lipinski definition) is 5. The van der Waals surface area contributed by atoms with Crippen LogP contribution >= 0.6 is 11.8 Å². The van der Waals surface area contributed by atoms with E-state index in [1.165, 1.54) is 7.11 Å². The van der Waals surface area contributed by atoms with E-state index < -0.39 is 0 Å². The van der Waals surface area contributed by atoms with E-state index in [2.05, 4.69) is 15.6 Å². The fourth-order valence-electron chi connectivity index (χ4n) is 2.89. The summed E-state index contributed by atoms with van der Waals surface area (Å²) in [6.45, 7) is 0.138. The number of carbonyl (C=O) groups is 2. The van der Waals surface area contributed by atoms with Gasteiger partial charge in [0.1, 0.15) is 19.0 Å². The second-order valence-electron chi connectivity index (χ2n) is 6.15. The predicted molar refractivity (Wildman–Crippen MR) is 113 cm³/mol. The molecule has 3 aromatic rings. The molecule has 28 heavy (non-hydrogen) atoms. The van der Waals surface area contributed by atoms with Crippen molar-refractivity contribution in [3.63, 3.8) is 0 Å². The lowest BCUT2D eigenvalue weighted by Gasteiger charge is -2.11. The predicted octanol–water partition coefficient (Wildman–Crippen LogP) is 3.12. The van der Waals surface area contributed by atoms with Gasteiger partial charge in [-0.15, -0.1) is 0 Å². The first-order valence-corrected chi connectivity index (χ1v) is 10.1. The van der Waals surface area contributed by atoms with Crippen LogP contribution in [0.2, 0.25) is 0 Å². The fraction of sp³-hybridized carbons (Fsp3) is 0.250. The Morgan fingerprint density at radius 1 is 1.07 bits per heavy atom. The molecule has 0 aliphatic carbocycles. The van der Waals surface area contributed by atoms with Gasteiger partial charge >= 0.3 is 0 Å². The molecule has 0 radical (unpaired) electrons. The molecule has 0 bridgehead atoms. The standard InChI is InChI=1S/C20H22N4O3S/c1-27-12-20(26)22-15-7-5-6-14(10-15)21-19(25)11-24-17-9-4-3-8-16(17)23-18(24)13-28-2/h3-10H,11-13H2,1-2H3,(H,21,25)(H,22,26). The van der Waals surface area contributed by atoms with Crippen LogP contribution in [0, 0.1) is 0 Å². The molecule has 2 amide bonds. The van der Waals surface area contributed by atoms with Crippen LogP contribution in [0.1, 0.15) is 5.82 Å². The first kappa shape index (κ1) is 19.9. The maximum absolute atomic E-state index is 12.6. The third-order valence-corrected chi connectivity index (χ3v) is 4.56. The summed E-state index contributed by atoms with van der Waals surface area (Å²) < 4.78 is 6.74.